The molecular weight excluding hydrogens is 408 g/mol. The lowest BCUT2D eigenvalue weighted by molar-refractivity contribution is -0.120. The molecule has 1 fully saturated rings. The zero-order valence-electron chi connectivity index (χ0n) is 15.3. The highest BCUT2D eigenvalue weighted by molar-refractivity contribution is 9.10. The quantitative estimate of drug-likeness (QED) is 0.581. The lowest BCUT2D eigenvalue weighted by Crippen LogP contribution is -2.26. The van der Waals surface area contributed by atoms with E-state index in [1.165, 1.54) is 32.1 Å². The molecule has 5 nitrogen and oxygen atoms in total. The van der Waals surface area contributed by atoms with Gasteiger partial charge in [-0.1, -0.05) is 37.8 Å². The van der Waals surface area contributed by atoms with Crippen molar-refractivity contribution in [2.75, 3.05) is 11.9 Å². The fraction of sp³-hybridized carbons (Fsp3) is 0.429. The fourth-order valence-electron chi connectivity index (χ4n) is 3.50. The normalized spacial score (nSPS) is 14.3. The molecule has 2 aromatic rings. The number of rotatable bonds is 8. The number of hydrogen-bond donors (Lipinski definition) is 2. The Bertz CT molecular complexity index is 764. The minimum absolute atomic E-state index is 0.0404. The summed E-state index contributed by atoms with van der Waals surface area (Å²) in [5.41, 5.74) is 1.58. The van der Waals surface area contributed by atoms with Gasteiger partial charge >= 0.3 is 0 Å². The molecule has 0 aliphatic heterocycles. The molecule has 144 valence electrons. The van der Waals surface area contributed by atoms with Gasteiger partial charge in [0, 0.05) is 12.2 Å². The fourth-order valence-corrected chi connectivity index (χ4v) is 3.81. The summed E-state index contributed by atoms with van der Waals surface area (Å²) in [6, 6.07) is 10.6. The molecule has 1 aliphatic rings. The first-order valence-electron chi connectivity index (χ1n) is 9.52. The molecule has 2 N–H and O–H groups in total. The number of halogens is 1. The first-order valence-corrected chi connectivity index (χ1v) is 10.3. The van der Waals surface area contributed by atoms with E-state index in [0.29, 0.717) is 16.8 Å². The van der Waals surface area contributed by atoms with Crippen molar-refractivity contribution in [1.82, 2.24) is 5.32 Å². The van der Waals surface area contributed by atoms with Gasteiger partial charge in [-0.2, -0.15) is 0 Å². The number of nitrogens with one attached hydrogen (secondary N) is 2. The van der Waals surface area contributed by atoms with Crippen LogP contribution in [0, 0.1) is 5.92 Å². The molecule has 1 heterocycles. The number of anilines is 1. The Balaban J connectivity index is 1.39. The highest BCUT2D eigenvalue weighted by atomic mass is 79.9. The van der Waals surface area contributed by atoms with Gasteiger partial charge in [-0.25, -0.2) is 0 Å². The Hall–Kier alpha value is -2.08. The molecule has 0 bridgehead atoms. The van der Waals surface area contributed by atoms with Gasteiger partial charge in [0.15, 0.2) is 10.4 Å². The summed E-state index contributed by atoms with van der Waals surface area (Å²) in [5, 5.41) is 5.77. The van der Waals surface area contributed by atoms with Crippen LogP contribution in [0.4, 0.5) is 5.69 Å². The molecule has 0 unspecified atom stereocenters. The van der Waals surface area contributed by atoms with Crippen LogP contribution in [0.1, 0.15) is 54.6 Å². The molecule has 27 heavy (non-hydrogen) atoms. The van der Waals surface area contributed by atoms with Crippen molar-refractivity contribution < 1.29 is 14.0 Å². The summed E-state index contributed by atoms with van der Waals surface area (Å²) in [4.78, 5) is 24.1. The Morgan fingerprint density at radius 2 is 1.81 bits per heavy atom. The maximum absolute atomic E-state index is 12.1. The first-order chi connectivity index (χ1) is 13.1. The number of furan rings is 1. The van der Waals surface area contributed by atoms with Crippen LogP contribution in [-0.2, 0) is 11.2 Å². The maximum Gasteiger partial charge on any atom is 0.291 e. The molecule has 0 spiro atoms. The number of benzene rings is 1. The van der Waals surface area contributed by atoms with Crippen LogP contribution >= 0.6 is 15.9 Å². The lowest BCUT2D eigenvalue weighted by Gasteiger charge is -2.09. The molecule has 1 aromatic heterocycles. The summed E-state index contributed by atoms with van der Waals surface area (Å²) >= 11 is 3.17. The van der Waals surface area contributed by atoms with E-state index >= 15 is 0 Å². The Morgan fingerprint density at radius 1 is 1.07 bits per heavy atom. The van der Waals surface area contributed by atoms with Crippen LogP contribution in [0.15, 0.2) is 45.5 Å². The van der Waals surface area contributed by atoms with E-state index in [1.54, 1.807) is 24.3 Å². The molecule has 0 radical (unpaired) electrons. The zero-order valence-corrected chi connectivity index (χ0v) is 16.9. The summed E-state index contributed by atoms with van der Waals surface area (Å²) in [7, 11) is 0. The second-order valence-corrected chi connectivity index (χ2v) is 7.86. The number of amides is 2. The summed E-state index contributed by atoms with van der Waals surface area (Å²) in [5.74, 6) is 0.835. The van der Waals surface area contributed by atoms with Gasteiger partial charge in [0.25, 0.3) is 5.91 Å². The largest absolute Gasteiger partial charge is 0.444 e. The summed E-state index contributed by atoms with van der Waals surface area (Å²) < 4.78 is 5.74. The minimum Gasteiger partial charge on any atom is -0.444 e. The minimum atomic E-state index is -0.312. The molecule has 2 amide bonds. The average molecular weight is 433 g/mol. The topological polar surface area (TPSA) is 71.3 Å². The van der Waals surface area contributed by atoms with E-state index in [2.05, 4.69) is 26.6 Å². The maximum atomic E-state index is 12.1. The summed E-state index contributed by atoms with van der Waals surface area (Å²) in [6.07, 6.45) is 8.08. The molecule has 1 aliphatic carbocycles. The van der Waals surface area contributed by atoms with Crippen molar-refractivity contribution in [3.05, 3.63) is 52.4 Å². The van der Waals surface area contributed by atoms with Gasteiger partial charge in [0.2, 0.25) is 5.91 Å². The van der Waals surface area contributed by atoms with Gasteiger partial charge in [-0.05, 0) is 64.5 Å². The lowest BCUT2D eigenvalue weighted by atomic mass is 10.0. The monoisotopic (exact) mass is 432 g/mol. The van der Waals surface area contributed by atoms with Crippen LogP contribution < -0.4 is 10.6 Å². The van der Waals surface area contributed by atoms with Crippen LogP contribution in [0.5, 0.6) is 0 Å². The SMILES string of the molecule is O=C(Cc1ccc(NC(=O)c2ccc(Br)o2)cc1)NCCCC1CCCC1. The zero-order chi connectivity index (χ0) is 19.1. The van der Waals surface area contributed by atoms with Gasteiger partial charge in [-0.15, -0.1) is 0 Å². The Labute approximate surface area is 168 Å². The molecular formula is C21H25BrN2O3. The third kappa shape index (κ3) is 6.24. The third-order valence-corrected chi connectivity index (χ3v) is 5.39. The van der Waals surface area contributed by atoms with Crippen molar-refractivity contribution in [2.24, 2.45) is 5.92 Å². The second kappa shape index (κ2) is 9.74. The van der Waals surface area contributed by atoms with Crippen LogP contribution in [0.2, 0.25) is 0 Å². The van der Waals surface area contributed by atoms with E-state index in [-0.39, 0.29) is 17.6 Å². The van der Waals surface area contributed by atoms with E-state index in [9.17, 15) is 9.59 Å². The molecule has 0 atom stereocenters. The van der Waals surface area contributed by atoms with E-state index < -0.39 is 0 Å². The standard InChI is InChI=1S/C21H25BrN2O3/c22-19-12-11-18(27-19)21(26)24-17-9-7-16(8-10-17)14-20(25)23-13-3-6-15-4-1-2-5-15/h7-12,15H,1-6,13-14H2,(H,23,25)(H,24,26). The predicted octanol–water partition coefficient (Wildman–Crippen LogP) is 4.92. The Morgan fingerprint density at radius 3 is 2.48 bits per heavy atom. The molecule has 1 saturated carbocycles. The first kappa shape index (κ1) is 19.7. The second-order valence-electron chi connectivity index (χ2n) is 7.07. The molecule has 1 aromatic carbocycles. The van der Waals surface area contributed by atoms with Gasteiger partial charge in [-0.3, -0.25) is 9.59 Å². The summed E-state index contributed by atoms with van der Waals surface area (Å²) in [6.45, 7) is 0.752. The highest BCUT2D eigenvalue weighted by Crippen LogP contribution is 2.28. The van der Waals surface area contributed by atoms with E-state index in [1.807, 2.05) is 12.1 Å². The van der Waals surface area contributed by atoms with Crippen molar-refractivity contribution in [1.29, 1.82) is 0 Å². The van der Waals surface area contributed by atoms with E-state index in [4.69, 9.17) is 4.42 Å². The number of carbonyl (C=O) groups is 2. The van der Waals surface area contributed by atoms with Gasteiger partial charge in [0.1, 0.15) is 0 Å². The number of carbonyl (C=O) groups excluding carboxylic acids is 2. The van der Waals surface area contributed by atoms with Crippen LogP contribution in [0.3, 0.4) is 0 Å². The van der Waals surface area contributed by atoms with Crippen molar-refractivity contribution in [2.45, 2.75) is 44.9 Å². The van der Waals surface area contributed by atoms with E-state index in [0.717, 1.165) is 24.4 Å². The van der Waals surface area contributed by atoms with Gasteiger partial charge < -0.3 is 15.1 Å². The van der Waals surface area contributed by atoms with Crippen molar-refractivity contribution in [3.8, 4) is 0 Å². The molecule has 3 rings (SSSR count). The molecule has 6 heteroatoms. The Kier molecular flexibility index (Phi) is 7.10. The number of hydrogen-bond acceptors (Lipinski definition) is 3. The van der Waals surface area contributed by atoms with Gasteiger partial charge in [0.05, 0.1) is 6.42 Å². The third-order valence-electron chi connectivity index (χ3n) is 4.96. The van der Waals surface area contributed by atoms with Crippen LogP contribution in [-0.4, -0.2) is 18.4 Å². The average Bonchev–Trinajstić information content (AvgIpc) is 3.32. The van der Waals surface area contributed by atoms with Crippen molar-refractivity contribution in [3.63, 3.8) is 0 Å². The van der Waals surface area contributed by atoms with Crippen LogP contribution in [0.25, 0.3) is 0 Å². The highest BCUT2D eigenvalue weighted by Gasteiger charge is 2.14. The smallest absolute Gasteiger partial charge is 0.291 e. The van der Waals surface area contributed by atoms with Crippen molar-refractivity contribution >= 4 is 33.4 Å². The predicted molar refractivity (Wildman–Crippen MR) is 109 cm³/mol. The molecule has 0 saturated heterocycles.